The second-order valence-electron chi connectivity index (χ2n) is 6.03. The van der Waals surface area contributed by atoms with Crippen LogP contribution in [0, 0.1) is 5.92 Å². The minimum atomic E-state index is -0.468. The summed E-state index contributed by atoms with van der Waals surface area (Å²) in [5, 5.41) is 0. The van der Waals surface area contributed by atoms with Crippen LogP contribution in [0.2, 0.25) is 0 Å². The molecule has 1 aliphatic heterocycles. The Morgan fingerprint density at radius 1 is 1.17 bits per heavy atom. The maximum atomic E-state index is 12.6. The first kappa shape index (κ1) is 17.4. The molecule has 0 radical (unpaired) electrons. The molecule has 1 saturated heterocycles. The molecule has 6 heteroatoms. The fourth-order valence-electron chi connectivity index (χ4n) is 2.93. The molecule has 1 aromatic heterocycles. The van der Waals surface area contributed by atoms with E-state index in [2.05, 4.69) is 21.8 Å². The second kappa shape index (κ2) is 8.60. The Morgan fingerprint density at radius 2 is 1.91 bits per heavy atom. The molecule has 0 N–H and O–H groups in total. The van der Waals surface area contributed by atoms with Crippen molar-refractivity contribution >= 4 is 17.5 Å². The molecular formula is C17H26N4O2. The smallest absolute Gasteiger partial charge is 0.233 e. The number of Topliss-reactive ketones (excluding diaryl/α,β-unsaturated/α-hetero) is 1. The quantitative estimate of drug-likeness (QED) is 0.567. The number of hydrogen-bond acceptors (Lipinski definition) is 5. The zero-order chi connectivity index (χ0) is 16.7. The molecule has 0 aliphatic carbocycles. The number of carbonyl (C=O) groups is 2. The SMILES string of the molecule is CCCCCC(C(C)=O)C(=O)N1CCN(c2cnccn2)CC1. The molecule has 0 bridgehead atoms. The van der Waals surface area contributed by atoms with Gasteiger partial charge in [0, 0.05) is 38.6 Å². The molecular weight excluding hydrogens is 292 g/mol. The molecule has 2 heterocycles. The predicted molar refractivity (Wildman–Crippen MR) is 89.1 cm³/mol. The monoisotopic (exact) mass is 318 g/mol. The number of unbranched alkanes of at least 4 members (excludes halogenated alkanes) is 2. The van der Waals surface area contributed by atoms with E-state index in [9.17, 15) is 9.59 Å². The van der Waals surface area contributed by atoms with Crippen LogP contribution in [0.1, 0.15) is 39.5 Å². The van der Waals surface area contributed by atoms with E-state index in [1.54, 1.807) is 18.6 Å². The van der Waals surface area contributed by atoms with E-state index in [-0.39, 0.29) is 11.7 Å². The topological polar surface area (TPSA) is 66.4 Å². The predicted octanol–water partition coefficient (Wildman–Crippen LogP) is 1.91. The first-order valence-electron chi connectivity index (χ1n) is 8.43. The fraction of sp³-hybridized carbons (Fsp3) is 0.647. The number of piperazine rings is 1. The highest BCUT2D eigenvalue weighted by Gasteiger charge is 2.30. The van der Waals surface area contributed by atoms with Crippen LogP contribution in [-0.4, -0.2) is 52.7 Å². The lowest BCUT2D eigenvalue weighted by molar-refractivity contribution is -0.141. The third-order valence-corrected chi connectivity index (χ3v) is 4.35. The first-order valence-corrected chi connectivity index (χ1v) is 8.43. The summed E-state index contributed by atoms with van der Waals surface area (Å²) in [6, 6.07) is 0. The highest BCUT2D eigenvalue weighted by atomic mass is 16.2. The zero-order valence-corrected chi connectivity index (χ0v) is 14.1. The van der Waals surface area contributed by atoms with Gasteiger partial charge in [0.1, 0.15) is 11.6 Å². The second-order valence-corrected chi connectivity index (χ2v) is 6.03. The number of rotatable bonds is 7. The number of aromatic nitrogens is 2. The Morgan fingerprint density at radius 3 is 2.48 bits per heavy atom. The van der Waals surface area contributed by atoms with Crippen LogP contribution in [0.15, 0.2) is 18.6 Å². The average molecular weight is 318 g/mol. The minimum Gasteiger partial charge on any atom is -0.352 e. The lowest BCUT2D eigenvalue weighted by Crippen LogP contribution is -2.51. The molecule has 0 saturated carbocycles. The summed E-state index contributed by atoms with van der Waals surface area (Å²) in [5.41, 5.74) is 0. The highest BCUT2D eigenvalue weighted by molar-refractivity contribution is 6.00. The van der Waals surface area contributed by atoms with Gasteiger partial charge >= 0.3 is 0 Å². The van der Waals surface area contributed by atoms with Crippen LogP contribution in [-0.2, 0) is 9.59 Å². The third kappa shape index (κ3) is 4.74. The van der Waals surface area contributed by atoms with E-state index in [0.29, 0.717) is 19.5 Å². The lowest BCUT2D eigenvalue weighted by Gasteiger charge is -2.36. The number of anilines is 1. The Balaban J connectivity index is 1.89. The fourth-order valence-corrected chi connectivity index (χ4v) is 2.93. The van der Waals surface area contributed by atoms with Gasteiger partial charge in [-0.25, -0.2) is 4.98 Å². The van der Waals surface area contributed by atoms with E-state index in [0.717, 1.165) is 38.2 Å². The van der Waals surface area contributed by atoms with Gasteiger partial charge in [0.25, 0.3) is 0 Å². The largest absolute Gasteiger partial charge is 0.352 e. The van der Waals surface area contributed by atoms with Gasteiger partial charge in [-0.15, -0.1) is 0 Å². The maximum absolute atomic E-state index is 12.6. The number of hydrogen-bond donors (Lipinski definition) is 0. The van der Waals surface area contributed by atoms with E-state index < -0.39 is 5.92 Å². The van der Waals surface area contributed by atoms with Crippen molar-refractivity contribution in [3.8, 4) is 0 Å². The Bertz CT molecular complexity index is 513. The Hall–Kier alpha value is -1.98. The average Bonchev–Trinajstić information content (AvgIpc) is 2.59. The van der Waals surface area contributed by atoms with Crippen LogP contribution in [0.4, 0.5) is 5.82 Å². The van der Waals surface area contributed by atoms with Crippen molar-refractivity contribution in [1.82, 2.24) is 14.9 Å². The van der Waals surface area contributed by atoms with Crippen LogP contribution >= 0.6 is 0 Å². The Labute approximate surface area is 137 Å². The van der Waals surface area contributed by atoms with Gasteiger partial charge in [0.2, 0.25) is 5.91 Å². The summed E-state index contributed by atoms with van der Waals surface area (Å²) in [7, 11) is 0. The maximum Gasteiger partial charge on any atom is 0.233 e. The molecule has 1 atom stereocenters. The van der Waals surface area contributed by atoms with Crippen molar-refractivity contribution in [2.75, 3.05) is 31.1 Å². The molecule has 1 aromatic rings. The van der Waals surface area contributed by atoms with Crippen molar-refractivity contribution < 1.29 is 9.59 Å². The molecule has 6 nitrogen and oxygen atoms in total. The van der Waals surface area contributed by atoms with Gasteiger partial charge in [-0.1, -0.05) is 26.2 Å². The molecule has 2 rings (SSSR count). The van der Waals surface area contributed by atoms with Gasteiger partial charge in [-0.05, 0) is 13.3 Å². The van der Waals surface area contributed by atoms with E-state index in [1.165, 1.54) is 6.92 Å². The number of ketones is 1. The lowest BCUT2D eigenvalue weighted by atomic mass is 9.95. The van der Waals surface area contributed by atoms with Crippen LogP contribution in [0.3, 0.4) is 0 Å². The van der Waals surface area contributed by atoms with Crippen molar-refractivity contribution in [3.05, 3.63) is 18.6 Å². The number of nitrogens with zero attached hydrogens (tertiary/aromatic N) is 4. The van der Waals surface area contributed by atoms with Gasteiger partial charge in [0.15, 0.2) is 0 Å². The van der Waals surface area contributed by atoms with Gasteiger partial charge in [-0.3, -0.25) is 14.6 Å². The number of amides is 1. The summed E-state index contributed by atoms with van der Waals surface area (Å²) >= 11 is 0. The Kier molecular flexibility index (Phi) is 6.50. The van der Waals surface area contributed by atoms with E-state index in [1.807, 2.05) is 4.90 Å². The zero-order valence-electron chi connectivity index (χ0n) is 14.1. The normalized spacial score (nSPS) is 16.3. The molecule has 1 aliphatic rings. The molecule has 0 spiro atoms. The van der Waals surface area contributed by atoms with Crippen LogP contribution in [0.5, 0.6) is 0 Å². The van der Waals surface area contributed by atoms with Crippen molar-refractivity contribution in [3.63, 3.8) is 0 Å². The number of carbonyl (C=O) groups excluding carboxylic acids is 2. The highest BCUT2D eigenvalue weighted by Crippen LogP contribution is 2.17. The van der Waals surface area contributed by atoms with Gasteiger partial charge < -0.3 is 9.80 Å². The molecule has 23 heavy (non-hydrogen) atoms. The molecule has 1 unspecified atom stereocenters. The molecule has 126 valence electrons. The first-order chi connectivity index (χ1) is 11.1. The van der Waals surface area contributed by atoms with Crippen molar-refractivity contribution in [2.45, 2.75) is 39.5 Å². The van der Waals surface area contributed by atoms with Crippen LogP contribution < -0.4 is 4.90 Å². The third-order valence-electron chi connectivity index (χ3n) is 4.35. The summed E-state index contributed by atoms with van der Waals surface area (Å²) < 4.78 is 0. The van der Waals surface area contributed by atoms with E-state index >= 15 is 0 Å². The standard InChI is InChI=1S/C17H26N4O2/c1-3-4-5-6-15(14(2)22)17(23)21-11-9-20(10-12-21)16-13-18-7-8-19-16/h7-8,13,15H,3-6,9-12H2,1-2H3. The minimum absolute atomic E-state index is 0.00704. The summed E-state index contributed by atoms with van der Waals surface area (Å²) in [6.07, 6.45) is 8.83. The van der Waals surface area contributed by atoms with Crippen molar-refractivity contribution in [2.24, 2.45) is 5.92 Å². The summed E-state index contributed by atoms with van der Waals surface area (Å²) in [6.45, 7) is 6.37. The van der Waals surface area contributed by atoms with E-state index in [4.69, 9.17) is 0 Å². The molecule has 1 fully saturated rings. The van der Waals surface area contributed by atoms with Crippen molar-refractivity contribution in [1.29, 1.82) is 0 Å². The molecule has 1 amide bonds. The summed E-state index contributed by atoms with van der Waals surface area (Å²) in [5.74, 6) is 0.352. The molecule has 0 aromatic carbocycles. The van der Waals surface area contributed by atoms with Gasteiger partial charge in [0.05, 0.1) is 12.1 Å². The summed E-state index contributed by atoms with van der Waals surface area (Å²) in [4.78, 5) is 36.8. The van der Waals surface area contributed by atoms with Gasteiger partial charge in [-0.2, -0.15) is 0 Å². The van der Waals surface area contributed by atoms with Crippen LogP contribution in [0.25, 0.3) is 0 Å².